The van der Waals surface area contributed by atoms with E-state index in [1.54, 1.807) is 18.3 Å². The zero-order valence-corrected chi connectivity index (χ0v) is 12.3. The summed E-state index contributed by atoms with van der Waals surface area (Å²) in [5.41, 5.74) is 0. The van der Waals surface area contributed by atoms with Gasteiger partial charge in [-0.05, 0) is 39.4 Å². The van der Waals surface area contributed by atoms with E-state index in [1.165, 1.54) is 4.88 Å². The van der Waals surface area contributed by atoms with Crippen LogP contribution in [-0.2, 0) is 9.53 Å². The van der Waals surface area contributed by atoms with Gasteiger partial charge in [0.2, 0.25) is 5.91 Å². The maximum absolute atomic E-state index is 11.8. The number of hydrogen-bond donors (Lipinski definition) is 1. The topological polar surface area (TPSA) is 41.6 Å². The predicted octanol–water partition coefficient (Wildman–Crippen LogP) is 1.89. The molecule has 0 saturated carbocycles. The molecule has 0 aliphatic rings. The summed E-state index contributed by atoms with van der Waals surface area (Å²) in [6.07, 6.45) is -0.388. The third kappa shape index (κ3) is 4.40. The quantitative estimate of drug-likeness (QED) is 0.822. The van der Waals surface area contributed by atoms with Crippen molar-refractivity contribution >= 4 is 17.2 Å². The monoisotopic (exact) mass is 270 g/mol. The summed E-state index contributed by atoms with van der Waals surface area (Å²) in [4.78, 5) is 15.1. The second-order valence-corrected chi connectivity index (χ2v) is 5.32. The van der Waals surface area contributed by atoms with Crippen molar-refractivity contribution < 1.29 is 9.53 Å². The van der Waals surface area contributed by atoms with Gasteiger partial charge in [-0.2, -0.15) is 0 Å². The third-order valence-electron chi connectivity index (χ3n) is 2.75. The summed E-state index contributed by atoms with van der Waals surface area (Å²) in [5.74, 6) is -0.0553. The van der Waals surface area contributed by atoms with Gasteiger partial charge < -0.3 is 15.0 Å². The van der Waals surface area contributed by atoms with Gasteiger partial charge in [-0.25, -0.2) is 0 Å². The lowest BCUT2D eigenvalue weighted by atomic mass is 10.2. The van der Waals surface area contributed by atoms with Gasteiger partial charge in [-0.3, -0.25) is 4.79 Å². The highest BCUT2D eigenvalue weighted by molar-refractivity contribution is 7.10. The molecular formula is C13H22N2O2S. The fraction of sp³-hybridized carbons (Fsp3) is 0.615. The van der Waals surface area contributed by atoms with Crippen molar-refractivity contribution in [2.24, 2.45) is 0 Å². The molecule has 0 aliphatic heterocycles. The molecule has 0 aliphatic carbocycles. The molecule has 0 radical (unpaired) electrons. The number of rotatable bonds is 7. The highest BCUT2D eigenvalue weighted by atomic mass is 32.1. The Morgan fingerprint density at radius 3 is 2.78 bits per heavy atom. The van der Waals surface area contributed by atoms with E-state index in [2.05, 4.69) is 21.7 Å². The van der Waals surface area contributed by atoms with E-state index in [1.807, 2.05) is 27.1 Å². The fourth-order valence-corrected chi connectivity index (χ4v) is 2.61. The van der Waals surface area contributed by atoms with E-state index in [-0.39, 0.29) is 18.1 Å². The highest BCUT2D eigenvalue weighted by Gasteiger charge is 2.18. The van der Waals surface area contributed by atoms with E-state index in [4.69, 9.17) is 4.74 Å². The van der Waals surface area contributed by atoms with Crippen molar-refractivity contribution in [1.82, 2.24) is 10.2 Å². The molecule has 0 saturated heterocycles. The van der Waals surface area contributed by atoms with Crippen LogP contribution in [0.5, 0.6) is 0 Å². The highest BCUT2D eigenvalue weighted by Crippen LogP contribution is 2.22. The van der Waals surface area contributed by atoms with Gasteiger partial charge >= 0.3 is 0 Å². The normalized spacial score (nSPS) is 14.5. The van der Waals surface area contributed by atoms with Crippen LogP contribution in [0.25, 0.3) is 0 Å². The first-order valence-corrected chi connectivity index (χ1v) is 7.03. The van der Waals surface area contributed by atoms with Crippen LogP contribution in [0.3, 0.4) is 0 Å². The average Bonchev–Trinajstić information content (AvgIpc) is 2.82. The number of hydrogen-bond acceptors (Lipinski definition) is 4. The van der Waals surface area contributed by atoms with Gasteiger partial charge in [-0.15, -0.1) is 11.3 Å². The Hall–Kier alpha value is -0.910. The Balaban J connectivity index is 2.51. The zero-order chi connectivity index (χ0) is 13.5. The van der Waals surface area contributed by atoms with Crippen LogP contribution >= 0.6 is 11.3 Å². The summed E-state index contributed by atoms with van der Waals surface area (Å²) in [6.45, 7) is 4.81. The Kier molecular flexibility index (Phi) is 6.32. The Morgan fingerprint density at radius 2 is 2.28 bits per heavy atom. The number of carbonyl (C=O) groups excluding carboxylic acids is 1. The van der Waals surface area contributed by atoms with E-state index in [0.29, 0.717) is 13.2 Å². The summed E-state index contributed by atoms with van der Waals surface area (Å²) in [5, 5.41) is 4.99. The van der Waals surface area contributed by atoms with Crippen molar-refractivity contribution in [3.63, 3.8) is 0 Å². The van der Waals surface area contributed by atoms with Crippen molar-refractivity contribution in [1.29, 1.82) is 0 Å². The molecule has 1 aromatic rings. The van der Waals surface area contributed by atoms with E-state index >= 15 is 0 Å². The van der Waals surface area contributed by atoms with Crippen LogP contribution in [-0.4, -0.2) is 44.2 Å². The van der Waals surface area contributed by atoms with E-state index < -0.39 is 0 Å². The smallest absolute Gasteiger partial charge is 0.248 e. The van der Waals surface area contributed by atoms with E-state index in [0.717, 1.165) is 0 Å². The average molecular weight is 270 g/mol. The molecule has 0 bridgehead atoms. The molecule has 1 aromatic heterocycles. The van der Waals surface area contributed by atoms with Gasteiger partial charge in [0, 0.05) is 18.0 Å². The SMILES string of the molecule is CCOC(C)C(=O)NCC(c1cccs1)N(C)C. The Labute approximate surface area is 113 Å². The maximum atomic E-state index is 11.8. The third-order valence-corrected chi connectivity index (χ3v) is 3.72. The molecule has 2 unspecified atom stereocenters. The number of nitrogens with zero attached hydrogens (tertiary/aromatic N) is 1. The minimum atomic E-state index is -0.388. The Morgan fingerprint density at radius 1 is 1.56 bits per heavy atom. The second-order valence-electron chi connectivity index (χ2n) is 4.34. The number of amides is 1. The lowest BCUT2D eigenvalue weighted by molar-refractivity contribution is -0.131. The molecule has 5 heteroatoms. The lowest BCUT2D eigenvalue weighted by Gasteiger charge is -2.24. The summed E-state index contributed by atoms with van der Waals surface area (Å²) in [7, 11) is 4.03. The van der Waals surface area contributed by atoms with Crippen LogP contribution < -0.4 is 5.32 Å². The number of nitrogens with one attached hydrogen (secondary N) is 1. The van der Waals surface area contributed by atoms with Crippen molar-refractivity contribution in [2.45, 2.75) is 26.0 Å². The standard InChI is InChI=1S/C13H22N2O2S/c1-5-17-10(2)13(16)14-9-11(15(3)4)12-7-6-8-18-12/h6-8,10-11H,5,9H2,1-4H3,(H,14,16). The van der Waals surface area contributed by atoms with Crippen LogP contribution in [0, 0.1) is 0 Å². The van der Waals surface area contributed by atoms with Crippen LogP contribution in [0.1, 0.15) is 24.8 Å². The van der Waals surface area contributed by atoms with E-state index in [9.17, 15) is 4.79 Å². The Bertz CT molecular complexity index is 352. The molecule has 0 fully saturated rings. The molecule has 4 nitrogen and oxygen atoms in total. The second kappa shape index (κ2) is 7.51. The van der Waals surface area contributed by atoms with Crippen molar-refractivity contribution in [2.75, 3.05) is 27.2 Å². The fourth-order valence-electron chi connectivity index (χ4n) is 1.69. The minimum Gasteiger partial charge on any atom is -0.369 e. The molecule has 1 N–H and O–H groups in total. The number of likely N-dealkylation sites (N-methyl/N-ethyl adjacent to an activating group) is 1. The first-order chi connectivity index (χ1) is 8.56. The van der Waals surface area contributed by atoms with Gasteiger partial charge in [0.1, 0.15) is 6.10 Å². The first-order valence-electron chi connectivity index (χ1n) is 6.15. The summed E-state index contributed by atoms with van der Waals surface area (Å²) >= 11 is 1.71. The predicted molar refractivity (Wildman–Crippen MR) is 74.8 cm³/mol. The molecule has 102 valence electrons. The molecule has 1 amide bonds. The largest absolute Gasteiger partial charge is 0.369 e. The lowest BCUT2D eigenvalue weighted by Crippen LogP contribution is -2.39. The van der Waals surface area contributed by atoms with Crippen molar-refractivity contribution in [3.05, 3.63) is 22.4 Å². The number of thiophene rings is 1. The van der Waals surface area contributed by atoms with Crippen LogP contribution in [0.2, 0.25) is 0 Å². The van der Waals surface area contributed by atoms with Gasteiger partial charge in [0.15, 0.2) is 0 Å². The molecular weight excluding hydrogens is 248 g/mol. The maximum Gasteiger partial charge on any atom is 0.248 e. The van der Waals surface area contributed by atoms with Gasteiger partial charge in [-0.1, -0.05) is 6.07 Å². The minimum absolute atomic E-state index is 0.0553. The van der Waals surface area contributed by atoms with Crippen molar-refractivity contribution in [3.8, 4) is 0 Å². The van der Waals surface area contributed by atoms with Gasteiger partial charge in [0.05, 0.1) is 6.04 Å². The molecule has 0 spiro atoms. The zero-order valence-electron chi connectivity index (χ0n) is 11.5. The van der Waals surface area contributed by atoms with Crippen LogP contribution in [0.4, 0.5) is 0 Å². The van der Waals surface area contributed by atoms with Crippen LogP contribution in [0.15, 0.2) is 17.5 Å². The molecule has 18 heavy (non-hydrogen) atoms. The number of ether oxygens (including phenoxy) is 1. The molecule has 0 aromatic carbocycles. The van der Waals surface area contributed by atoms with Gasteiger partial charge in [0.25, 0.3) is 0 Å². The number of carbonyl (C=O) groups is 1. The summed E-state index contributed by atoms with van der Waals surface area (Å²) in [6, 6.07) is 4.33. The molecule has 1 heterocycles. The molecule has 2 atom stereocenters. The first kappa shape index (κ1) is 15.1. The summed E-state index contributed by atoms with van der Waals surface area (Å²) < 4.78 is 5.26. The molecule has 1 rings (SSSR count).